The first-order valence-electron chi connectivity index (χ1n) is 11.4. The number of hydrogen-bond donors (Lipinski definition) is 1. The molecule has 182 valence electrons. The molecule has 35 heavy (non-hydrogen) atoms. The van der Waals surface area contributed by atoms with Crippen LogP contribution in [-0.4, -0.2) is 58.6 Å². The van der Waals surface area contributed by atoms with E-state index in [1.165, 1.54) is 6.33 Å². The van der Waals surface area contributed by atoms with Gasteiger partial charge in [0.2, 0.25) is 11.6 Å². The maximum absolute atomic E-state index is 12.1. The van der Waals surface area contributed by atoms with Crippen LogP contribution in [0.1, 0.15) is 24.2 Å². The highest BCUT2D eigenvalue weighted by Crippen LogP contribution is 2.34. The summed E-state index contributed by atoms with van der Waals surface area (Å²) in [6, 6.07) is 12.3. The van der Waals surface area contributed by atoms with E-state index in [2.05, 4.69) is 25.2 Å². The zero-order valence-electron chi connectivity index (χ0n) is 19.6. The van der Waals surface area contributed by atoms with Crippen LogP contribution < -0.4 is 15.1 Å². The maximum Gasteiger partial charge on any atom is 0.353 e. The summed E-state index contributed by atoms with van der Waals surface area (Å²) in [5.41, 5.74) is 0.761. The molecule has 3 aromatic rings. The fourth-order valence-electron chi connectivity index (χ4n) is 3.70. The summed E-state index contributed by atoms with van der Waals surface area (Å²) in [6.45, 7) is 6.70. The molecule has 0 saturated carbocycles. The van der Waals surface area contributed by atoms with Crippen LogP contribution in [0, 0.1) is 16.0 Å². The number of anilines is 4. The van der Waals surface area contributed by atoms with Gasteiger partial charge in [-0.2, -0.15) is 0 Å². The third-order valence-electron chi connectivity index (χ3n) is 5.47. The fourth-order valence-corrected chi connectivity index (χ4v) is 3.70. The van der Waals surface area contributed by atoms with Crippen molar-refractivity contribution in [1.29, 1.82) is 0 Å². The van der Waals surface area contributed by atoms with E-state index in [0.717, 1.165) is 5.82 Å². The second-order valence-corrected chi connectivity index (χ2v) is 8.51. The summed E-state index contributed by atoms with van der Waals surface area (Å²) in [6.07, 6.45) is 3.06. The van der Waals surface area contributed by atoms with Gasteiger partial charge < -0.3 is 19.9 Å². The van der Waals surface area contributed by atoms with Crippen LogP contribution in [0.2, 0.25) is 0 Å². The van der Waals surface area contributed by atoms with Crippen molar-refractivity contribution in [2.45, 2.75) is 13.8 Å². The Morgan fingerprint density at radius 1 is 1.06 bits per heavy atom. The van der Waals surface area contributed by atoms with Crippen molar-refractivity contribution < 1.29 is 14.5 Å². The number of esters is 1. The number of nitrogens with one attached hydrogen (secondary N) is 1. The number of pyridine rings is 1. The number of nitrogens with zero attached hydrogens (tertiary/aromatic N) is 6. The van der Waals surface area contributed by atoms with Crippen LogP contribution in [-0.2, 0) is 4.74 Å². The standard InChI is InChI=1S/C24H27N7O4/c1-17(2)15-35-24(32)18-6-8-19(9-7-18)28-22-21(31(33)34)23(27-16-26-22)30-13-11-29(12-14-30)20-5-3-4-10-25-20/h3-10,16-17H,11-15H2,1-2H3,(H,26,27,28). The molecule has 1 aliphatic rings. The third kappa shape index (κ3) is 5.81. The summed E-state index contributed by atoms with van der Waals surface area (Å²) in [4.78, 5) is 40.4. The second-order valence-electron chi connectivity index (χ2n) is 8.51. The van der Waals surface area contributed by atoms with Gasteiger partial charge in [0, 0.05) is 38.1 Å². The van der Waals surface area contributed by atoms with Crippen LogP contribution in [0.25, 0.3) is 0 Å². The molecule has 1 saturated heterocycles. The van der Waals surface area contributed by atoms with Crippen LogP contribution in [0.5, 0.6) is 0 Å². The van der Waals surface area contributed by atoms with Crippen molar-refractivity contribution in [3.05, 3.63) is 70.7 Å². The zero-order valence-corrected chi connectivity index (χ0v) is 19.6. The Labute approximate surface area is 202 Å². The molecule has 1 N–H and O–H groups in total. The van der Waals surface area contributed by atoms with Crippen LogP contribution >= 0.6 is 0 Å². The van der Waals surface area contributed by atoms with Crippen molar-refractivity contribution >= 4 is 34.8 Å². The molecule has 0 aliphatic carbocycles. The minimum atomic E-state index is -0.472. The Kier molecular flexibility index (Phi) is 7.34. The van der Waals surface area contributed by atoms with Gasteiger partial charge in [-0.1, -0.05) is 19.9 Å². The van der Waals surface area contributed by atoms with E-state index >= 15 is 0 Å². The molecule has 0 bridgehead atoms. The summed E-state index contributed by atoms with van der Waals surface area (Å²) in [5.74, 6) is 1.06. The van der Waals surface area contributed by atoms with Gasteiger partial charge in [0.1, 0.15) is 12.1 Å². The van der Waals surface area contributed by atoms with Gasteiger partial charge >= 0.3 is 11.7 Å². The quantitative estimate of drug-likeness (QED) is 0.292. The number of hydrogen-bond acceptors (Lipinski definition) is 10. The summed E-state index contributed by atoms with van der Waals surface area (Å²) in [7, 11) is 0. The molecule has 1 fully saturated rings. The number of piperazine rings is 1. The van der Waals surface area contributed by atoms with E-state index in [0.29, 0.717) is 44.0 Å². The largest absolute Gasteiger partial charge is 0.462 e. The molecule has 0 unspecified atom stereocenters. The summed E-state index contributed by atoms with van der Waals surface area (Å²) < 4.78 is 5.23. The van der Waals surface area contributed by atoms with E-state index in [-0.39, 0.29) is 23.2 Å². The Morgan fingerprint density at radius 2 is 1.77 bits per heavy atom. The molecule has 2 aromatic heterocycles. The maximum atomic E-state index is 12.1. The number of benzene rings is 1. The Balaban J connectivity index is 1.48. The lowest BCUT2D eigenvalue weighted by atomic mass is 10.2. The van der Waals surface area contributed by atoms with E-state index in [1.807, 2.05) is 36.9 Å². The van der Waals surface area contributed by atoms with Gasteiger partial charge in [0.25, 0.3) is 0 Å². The second kappa shape index (κ2) is 10.8. The van der Waals surface area contributed by atoms with Crippen LogP contribution in [0.4, 0.5) is 28.8 Å². The minimum Gasteiger partial charge on any atom is -0.462 e. The molecule has 1 aromatic carbocycles. The molecule has 11 nitrogen and oxygen atoms in total. The van der Waals surface area contributed by atoms with Crippen LogP contribution in [0.3, 0.4) is 0 Å². The smallest absolute Gasteiger partial charge is 0.353 e. The fraction of sp³-hybridized carbons (Fsp3) is 0.333. The van der Waals surface area contributed by atoms with E-state index < -0.39 is 10.9 Å². The molecule has 11 heteroatoms. The molecule has 0 spiro atoms. The molecule has 4 rings (SSSR count). The van der Waals surface area contributed by atoms with Gasteiger partial charge in [-0.15, -0.1) is 0 Å². The predicted molar refractivity (Wildman–Crippen MR) is 132 cm³/mol. The molecule has 0 amide bonds. The number of carbonyl (C=O) groups excluding carboxylic acids is 1. The first-order chi connectivity index (χ1) is 16.9. The average molecular weight is 478 g/mol. The molecular weight excluding hydrogens is 450 g/mol. The van der Waals surface area contributed by atoms with Crippen molar-refractivity contribution in [2.75, 3.05) is 47.9 Å². The first-order valence-corrected chi connectivity index (χ1v) is 11.4. The number of nitro groups is 1. The SMILES string of the molecule is CC(C)COC(=O)c1ccc(Nc2ncnc(N3CCN(c4ccccn4)CC3)c2[N+](=O)[O-])cc1. The van der Waals surface area contributed by atoms with Gasteiger partial charge in [-0.3, -0.25) is 10.1 Å². The van der Waals surface area contributed by atoms with Gasteiger partial charge in [0.05, 0.1) is 17.1 Å². The Hall–Kier alpha value is -4.28. The lowest BCUT2D eigenvalue weighted by molar-refractivity contribution is -0.383. The molecule has 1 aliphatic heterocycles. The normalized spacial score (nSPS) is 13.6. The van der Waals surface area contributed by atoms with E-state index in [9.17, 15) is 14.9 Å². The summed E-state index contributed by atoms with van der Waals surface area (Å²) in [5, 5.41) is 15.0. The van der Waals surface area contributed by atoms with E-state index in [4.69, 9.17) is 4.74 Å². The molecular formula is C24H27N7O4. The zero-order chi connectivity index (χ0) is 24.8. The topological polar surface area (TPSA) is 127 Å². The highest BCUT2D eigenvalue weighted by Gasteiger charge is 2.29. The van der Waals surface area contributed by atoms with Crippen LogP contribution in [0.15, 0.2) is 55.0 Å². The summed E-state index contributed by atoms with van der Waals surface area (Å²) >= 11 is 0. The first kappa shape index (κ1) is 23.9. The van der Waals surface area contributed by atoms with Crippen molar-refractivity contribution in [1.82, 2.24) is 15.0 Å². The monoisotopic (exact) mass is 477 g/mol. The number of carbonyl (C=O) groups is 1. The van der Waals surface area contributed by atoms with Gasteiger partial charge in [-0.25, -0.2) is 19.7 Å². The number of ether oxygens (including phenoxy) is 1. The molecule has 0 radical (unpaired) electrons. The van der Waals surface area contributed by atoms with Gasteiger partial charge in [0.15, 0.2) is 0 Å². The third-order valence-corrected chi connectivity index (χ3v) is 5.47. The average Bonchev–Trinajstić information content (AvgIpc) is 2.88. The Morgan fingerprint density at radius 3 is 2.40 bits per heavy atom. The highest BCUT2D eigenvalue weighted by molar-refractivity contribution is 5.90. The van der Waals surface area contributed by atoms with Crippen molar-refractivity contribution in [2.24, 2.45) is 5.92 Å². The van der Waals surface area contributed by atoms with E-state index in [1.54, 1.807) is 30.5 Å². The Bertz CT molecular complexity index is 1160. The molecule has 3 heterocycles. The lowest BCUT2D eigenvalue weighted by Gasteiger charge is -2.35. The minimum absolute atomic E-state index is 0.0855. The highest BCUT2D eigenvalue weighted by atomic mass is 16.6. The van der Waals surface area contributed by atoms with Gasteiger partial charge in [-0.05, 0) is 42.3 Å². The predicted octanol–water partition coefficient (Wildman–Crippen LogP) is 3.66. The van der Waals surface area contributed by atoms with Crippen molar-refractivity contribution in [3.63, 3.8) is 0 Å². The van der Waals surface area contributed by atoms with Crippen molar-refractivity contribution in [3.8, 4) is 0 Å². The number of rotatable bonds is 8. The molecule has 0 atom stereocenters. The number of aromatic nitrogens is 3. The lowest BCUT2D eigenvalue weighted by Crippen LogP contribution is -2.47.